The van der Waals surface area contributed by atoms with Crippen LogP contribution in [0.2, 0.25) is 0 Å². The lowest BCUT2D eigenvalue weighted by Gasteiger charge is -2.08. The Hall–Kier alpha value is -1.99. The molecule has 3 aromatic rings. The van der Waals surface area contributed by atoms with Crippen molar-refractivity contribution in [3.8, 4) is 0 Å². The van der Waals surface area contributed by atoms with Crippen molar-refractivity contribution in [3.63, 3.8) is 0 Å². The van der Waals surface area contributed by atoms with Gasteiger partial charge in [-0.2, -0.15) is 4.52 Å². The number of para-hydroxylation sites is 1. The molecule has 1 saturated heterocycles. The quantitative estimate of drug-likeness (QED) is 0.800. The van der Waals surface area contributed by atoms with Gasteiger partial charge in [0.15, 0.2) is 0 Å². The van der Waals surface area contributed by atoms with E-state index < -0.39 is 0 Å². The van der Waals surface area contributed by atoms with Crippen molar-refractivity contribution in [2.75, 3.05) is 18.5 Å². The average Bonchev–Trinajstić information content (AvgIpc) is 3.14. The highest BCUT2D eigenvalue weighted by atomic mass is 32.1. The highest BCUT2D eigenvalue weighted by molar-refractivity contribution is 7.20. The van der Waals surface area contributed by atoms with Crippen LogP contribution in [-0.2, 0) is 4.74 Å². The molecule has 21 heavy (non-hydrogen) atoms. The van der Waals surface area contributed by atoms with Gasteiger partial charge in [-0.15, -0.1) is 5.10 Å². The van der Waals surface area contributed by atoms with Gasteiger partial charge in [-0.25, -0.2) is 4.98 Å². The second-order valence-corrected chi connectivity index (χ2v) is 6.01. The molecule has 2 aromatic heterocycles. The lowest BCUT2D eigenvalue weighted by molar-refractivity contribution is 0.120. The molecule has 3 heterocycles. The van der Waals surface area contributed by atoms with E-state index in [4.69, 9.17) is 4.74 Å². The normalized spacial score (nSPS) is 18.6. The minimum Gasteiger partial charge on any atom is -0.376 e. The molecule has 1 unspecified atom stereocenters. The molecule has 1 atom stereocenters. The van der Waals surface area contributed by atoms with Gasteiger partial charge in [0.25, 0.3) is 5.56 Å². The van der Waals surface area contributed by atoms with Gasteiger partial charge < -0.3 is 10.1 Å². The van der Waals surface area contributed by atoms with E-state index in [1.165, 1.54) is 15.9 Å². The number of nitrogens with zero attached hydrogens (tertiary/aromatic N) is 3. The lowest BCUT2D eigenvalue weighted by Crippen LogP contribution is -2.19. The first-order chi connectivity index (χ1) is 10.3. The summed E-state index contributed by atoms with van der Waals surface area (Å²) in [6.45, 7) is 1.55. The SMILES string of the molecule is O=c1c2ccccc2nc2sc(NCC3CCCO3)nn12. The zero-order valence-electron chi connectivity index (χ0n) is 11.3. The highest BCUT2D eigenvalue weighted by Gasteiger charge is 2.16. The molecule has 1 aliphatic rings. The largest absolute Gasteiger partial charge is 0.376 e. The van der Waals surface area contributed by atoms with Crippen LogP contribution >= 0.6 is 11.3 Å². The number of fused-ring (bicyclic) bond motifs is 2. The second-order valence-electron chi connectivity index (χ2n) is 5.05. The van der Waals surface area contributed by atoms with Crippen molar-refractivity contribution in [1.82, 2.24) is 14.6 Å². The van der Waals surface area contributed by atoms with Crippen LogP contribution in [0.5, 0.6) is 0 Å². The van der Waals surface area contributed by atoms with Crippen LogP contribution in [0.25, 0.3) is 15.9 Å². The molecular weight excluding hydrogens is 288 g/mol. The molecule has 0 saturated carbocycles. The van der Waals surface area contributed by atoms with Gasteiger partial charge in [0.05, 0.1) is 17.0 Å². The van der Waals surface area contributed by atoms with E-state index in [1.807, 2.05) is 18.2 Å². The van der Waals surface area contributed by atoms with Crippen LogP contribution in [0.4, 0.5) is 5.13 Å². The number of nitrogens with one attached hydrogen (secondary N) is 1. The molecule has 0 aliphatic carbocycles. The summed E-state index contributed by atoms with van der Waals surface area (Å²) in [5.41, 5.74) is 0.578. The van der Waals surface area contributed by atoms with E-state index in [9.17, 15) is 4.79 Å². The van der Waals surface area contributed by atoms with Crippen molar-refractivity contribution in [2.45, 2.75) is 18.9 Å². The summed E-state index contributed by atoms with van der Waals surface area (Å²) in [6, 6.07) is 7.33. The summed E-state index contributed by atoms with van der Waals surface area (Å²) in [6.07, 6.45) is 2.42. The molecule has 0 amide bonds. The molecule has 1 aromatic carbocycles. The maximum absolute atomic E-state index is 12.4. The second kappa shape index (κ2) is 5.09. The molecule has 1 N–H and O–H groups in total. The number of aromatic nitrogens is 3. The van der Waals surface area contributed by atoms with Crippen LogP contribution in [0.3, 0.4) is 0 Å². The molecule has 7 heteroatoms. The van der Waals surface area contributed by atoms with E-state index in [0.29, 0.717) is 27.5 Å². The molecule has 4 rings (SSSR count). The molecular formula is C14H14N4O2S. The van der Waals surface area contributed by atoms with Gasteiger partial charge in [0.1, 0.15) is 0 Å². The van der Waals surface area contributed by atoms with Crippen LogP contribution < -0.4 is 10.9 Å². The van der Waals surface area contributed by atoms with Gasteiger partial charge >= 0.3 is 0 Å². The van der Waals surface area contributed by atoms with Crippen molar-refractivity contribution < 1.29 is 4.74 Å². The van der Waals surface area contributed by atoms with Gasteiger partial charge in [-0.3, -0.25) is 4.79 Å². The maximum atomic E-state index is 12.4. The first-order valence-electron chi connectivity index (χ1n) is 6.95. The molecule has 108 valence electrons. The summed E-state index contributed by atoms with van der Waals surface area (Å²) >= 11 is 1.38. The Labute approximate surface area is 124 Å². The number of anilines is 1. The minimum absolute atomic E-state index is 0.128. The molecule has 1 fully saturated rings. The fraction of sp³-hybridized carbons (Fsp3) is 0.357. The number of benzene rings is 1. The molecule has 0 bridgehead atoms. The highest BCUT2D eigenvalue weighted by Crippen LogP contribution is 2.20. The van der Waals surface area contributed by atoms with E-state index in [0.717, 1.165) is 19.4 Å². The van der Waals surface area contributed by atoms with Crippen molar-refractivity contribution in [1.29, 1.82) is 0 Å². The Kier molecular flexibility index (Phi) is 3.08. The van der Waals surface area contributed by atoms with Gasteiger partial charge in [-0.1, -0.05) is 23.5 Å². The third kappa shape index (κ3) is 2.28. The number of ether oxygens (including phenoxy) is 1. The Morgan fingerprint density at radius 3 is 3.19 bits per heavy atom. The van der Waals surface area contributed by atoms with Crippen LogP contribution in [0.15, 0.2) is 29.1 Å². The third-order valence-corrected chi connectivity index (χ3v) is 4.47. The fourth-order valence-electron chi connectivity index (χ4n) is 2.53. The zero-order valence-corrected chi connectivity index (χ0v) is 12.1. The van der Waals surface area contributed by atoms with Crippen LogP contribution in [0.1, 0.15) is 12.8 Å². The van der Waals surface area contributed by atoms with E-state index in [1.54, 1.807) is 6.07 Å². The number of hydrogen-bond donors (Lipinski definition) is 1. The Bertz CT molecular complexity index is 851. The average molecular weight is 302 g/mol. The Morgan fingerprint density at radius 1 is 1.43 bits per heavy atom. The van der Waals surface area contributed by atoms with Gasteiger partial charge in [0.2, 0.25) is 10.1 Å². The zero-order chi connectivity index (χ0) is 14.2. The number of hydrogen-bond acceptors (Lipinski definition) is 6. The third-order valence-electron chi connectivity index (χ3n) is 3.61. The summed E-state index contributed by atoms with van der Waals surface area (Å²) in [7, 11) is 0. The van der Waals surface area contributed by atoms with Crippen molar-refractivity contribution >= 4 is 32.3 Å². The Morgan fingerprint density at radius 2 is 2.33 bits per heavy atom. The molecule has 0 radical (unpaired) electrons. The Balaban J connectivity index is 1.70. The van der Waals surface area contributed by atoms with Gasteiger partial charge in [0, 0.05) is 13.2 Å². The summed E-state index contributed by atoms with van der Waals surface area (Å²) in [5.74, 6) is 0. The molecule has 0 spiro atoms. The van der Waals surface area contributed by atoms with Gasteiger partial charge in [-0.05, 0) is 25.0 Å². The predicted molar refractivity (Wildman–Crippen MR) is 82.1 cm³/mol. The van der Waals surface area contributed by atoms with Crippen LogP contribution in [-0.4, -0.2) is 33.9 Å². The van der Waals surface area contributed by atoms with E-state index >= 15 is 0 Å². The fourth-order valence-corrected chi connectivity index (χ4v) is 3.34. The predicted octanol–water partition coefficient (Wildman–Crippen LogP) is 1.90. The molecule has 1 aliphatic heterocycles. The molecule has 6 nitrogen and oxygen atoms in total. The maximum Gasteiger partial charge on any atom is 0.283 e. The standard InChI is InChI=1S/C14H14N4O2S/c19-12-10-5-1-2-6-11(10)16-14-18(12)17-13(21-14)15-8-9-4-3-7-20-9/h1-2,5-6,9H,3-4,7-8H2,(H,15,17). The first-order valence-corrected chi connectivity index (χ1v) is 7.77. The number of rotatable bonds is 3. The van der Waals surface area contributed by atoms with Crippen LogP contribution in [0, 0.1) is 0 Å². The van der Waals surface area contributed by atoms with Crippen molar-refractivity contribution in [2.24, 2.45) is 0 Å². The summed E-state index contributed by atoms with van der Waals surface area (Å²) < 4.78 is 6.93. The van der Waals surface area contributed by atoms with E-state index in [2.05, 4.69) is 15.4 Å². The van der Waals surface area contributed by atoms with E-state index in [-0.39, 0.29) is 11.7 Å². The monoisotopic (exact) mass is 302 g/mol. The lowest BCUT2D eigenvalue weighted by atomic mass is 10.2. The summed E-state index contributed by atoms with van der Waals surface area (Å²) in [5, 5.41) is 8.85. The smallest absolute Gasteiger partial charge is 0.283 e. The topological polar surface area (TPSA) is 68.5 Å². The van der Waals surface area contributed by atoms with Crippen molar-refractivity contribution in [3.05, 3.63) is 34.6 Å². The first kappa shape index (κ1) is 12.7. The summed E-state index contributed by atoms with van der Waals surface area (Å²) in [4.78, 5) is 17.5. The minimum atomic E-state index is -0.128.